The van der Waals surface area contributed by atoms with Crippen LogP contribution >= 0.6 is 0 Å². The molecule has 10 rings (SSSR count). The number of para-hydroxylation sites is 1. The maximum absolute atomic E-state index is 2.43. The average Bonchev–Trinajstić information content (AvgIpc) is 3.45. The maximum Gasteiger partial charge on any atom is 0.0543 e. The Morgan fingerprint density at radius 3 is 1.52 bits per heavy atom. The molecule has 0 saturated carbocycles. The van der Waals surface area contributed by atoms with E-state index in [-0.39, 0.29) is 5.41 Å². The van der Waals surface area contributed by atoms with Crippen LogP contribution in [0.15, 0.2) is 188 Å². The van der Waals surface area contributed by atoms with E-state index in [0.29, 0.717) is 0 Å². The SMILES string of the molecule is CC1(C)c2cc(-c3ccccc3)ccc2-c2c(N(c3ccccc3)c3ccc(-c4ccc5c6ccccc6c6ccccc6c5c4)cc3)cccc21. The lowest BCUT2D eigenvalue weighted by Gasteiger charge is -2.29. The quantitative estimate of drug-likeness (QED) is 0.166. The van der Waals surface area contributed by atoms with Crippen molar-refractivity contribution in [1.29, 1.82) is 0 Å². The fourth-order valence-electron chi connectivity index (χ4n) is 8.66. The highest BCUT2D eigenvalue weighted by molar-refractivity contribution is 6.25. The van der Waals surface area contributed by atoms with Crippen molar-refractivity contribution < 1.29 is 0 Å². The summed E-state index contributed by atoms with van der Waals surface area (Å²) < 4.78 is 0. The van der Waals surface area contributed by atoms with E-state index in [0.717, 1.165) is 11.4 Å². The Bertz CT molecular complexity index is 2760. The van der Waals surface area contributed by atoms with Crippen molar-refractivity contribution in [2.24, 2.45) is 0 Å². The molecule has 0 N–H and O–H groups in total. The molecule has 0 bridgehead atoms. The Labute approximate surface area is 305 Å². The van der Waals surface area contributed by atoms with Crippen molar-refractivity contribution in [3.8, 4) is 33.4 Å². The standard InChI is InChI=1S/C51H37N/c1-51(2)47-22-13-23-49(50(47)45-31-27-37(33-48(45)51)34-14-5-3-6-15-34)52(38-16-7-4-8-17-38)39-28-24-35(25-29-39)36-26-30-44-42-20-10-9-18-40(42)41-19-11-12-21-43(41)46(44)32-36/h3-33H,1-2H3. The van der Waals surface area contributed by atoms with E-state index in [4.69, 9.17) is 0 Å². The largest absolute Gasteiger partial charge is 0.310 e. The molecule has 1 nitrogen and oxygen atoms in total. The molecule has 0 atom stereocenters. The van der Waals surface area contributed by atoms with Gasteiger partial charge >= 0.3 is 0 Å². The van der Waals surface area contributed by atoms with Crippen molar-refractivity contribution in [2.75, 3.05) is 4.90 Å². The van der Waals surface area contributed by atoms with Gasteiger partial charge in [0.25, 0.3) is 0 Å². The number of anilines is 3. The summed E-state index contributed by atoms with van der Waals surface area (Å²) in [6.07, 6.45) is 0. The Kier molecular flexibility index (Phi) is 6.91. The van der Waals surface area contributed by atoms with Gasteiger partial charge in [-0.05, 0) is 114 Å². The highest BCUT2D eigenvalue weighted by Gasteiger charge is 2.38. The molecule has 9 aromatic carbocycles. The first-order valence-electron chi connectivity index (χ1n) is 18.2. The summed E-state index contributed by atoms with van der Waals surface area (Å²) in [5.74, 6) is 0. The normalized spacial score (nSPS) is 13.0. The minimum Gasteiger partial charge on any atom is -0.310 e. The zero-order valence-corrected chi connectivity index (χ0v) is 29.3. The van der Waals surface area contributed by atoms with Crippen molar-refractivity contribution >= 4 is 49.4 Å². The van der Waals surface area contributed by atoms with Gasteiger partial charge in [0.15, 0.2) is 0 Å². The third kappa shape index (κ3) is 4.70. The molecule has 0 radical (unpaired) electrons. The van der Waals surface area contributed by atoms with Crippen LogP contribution in [-0.2, 0) is 5.41 Å². The van der Waals surface area contributed by atoms with Crippen LogP contribution < -0.4 is 4.90 Å². The van der Waals surface area contributed by atoms with E-state index >= 15 is 0 Å². The van der Waals surface area contributed by atoms with Gasteiger partial charge in [-0.1, -0.05) is 159 Å². The van der Waals surface area contributed by atoms with Crippen molar-refractivity contribution in [2.45, 2.75) is 19.3 Å². The van der Waals surface area contributed by atoms with Gasteiger partial charge in [-0.3, -0.25) is 0 Å². The summed E-state index contributed by atoms with van der Waals surface area (Å²) in [5, 5.41) is 7.78. The first-order chi connectivity index (χ1) is 25.6. The fourth-order valence-corrected chi connectivity index (χ4v) is 8.66. The lowest BCUT2D eigenvalue weighted by Crippen LogP contribution is -2.16. The molecule has 1 aliphatic rings. The molecule has 0 spiro atoms. The molecule has 0 aromatic heterocycles. The Hall–Kier alpha value is -6.44. The van der Waals surface area contributed by atoms with E-state index in [1.807, 2.05) is 0 Å². The molecule has 9 aromatic rings. The van der Waals surface area contributed by atoms with Crippen LogP contribution in [0.5, 0.6) is 0 Å². The van der Waals surface area contributed by atoms with Gasteiger partial charge in [-0.25, -0.2) is 0 Å². The monoisotopic (exact) mass is 663 g/mol. The minimum absolute atomic E-state index is 0.136. The molecule has 0 unspecified atom stereocenters. The molecule has 0 aliphatic heterocycles. The molecule has 0 saturated heterocycles. The number of rotatable bonds is 5. The molecule has 1 heteroatoms. The summed E-state index contributed by atoms with van der Waals surface area (Å²) in [4.78, 5) is 2.43. The zero-order valence-electron chi connectivity index (χ0n) is 29.3. The molecule has 0 amide bonds. The Morgan fingerprint density at radius 2 is 0.846 bits per heavy atom. The third-order valence-corrected chi connectivity index (χ3v) is 11.2. The van der Waals surface area contributed by atoms with E-state index < -0.39 is 0 Å². The number of hydrogen-bond acceptors (Lipinski definition) is 1. The van der Waals surface area contributed by atoms with E-state index in [1.165, 1.54) is 82.5 Å². The van der Waals surface area contributed by atoms with Gasteiger partial charge in [0.1, 0.15) is 0 Å². The molecular weight excluding hydrogens is 627 g/mol. The van der Waals surface area contributed by atoms with Gasteiger partial charge in [-0.2, -0.15) is 0 Å². The van der Waals surface area contributed by atoms with Crippen LogP contribution in [0.3, 0.4) is 0 Å². The molecule has 0 fully saturated rings. The highest BCUT2D eigenvalue weighted by Crippen LogP contribution is 2.55. The number of hydrogen-bond donors (Lipinski definition) is 0. The smallest absolute Gasteiger partial charge is 0.0543 e. The number of nitrogens with zero attached hydrogens (tertiary/aromatic N) is 1. The average molecular weight is 664 g/mol. The van der Waals surface area contributed by atoms with Crippen molar-refractivity contribution in [3.05, 3.63) is 199 Å². The number of fused-ring (bicyclic) bond motifs is 9. The molecule has 52 heavy (non-hydrogen) atoms. The lowest BCUT2D eigenvalue weighted by atomic mass is 9.81. The first-order valence-corrected chi connectivity index (χ1v) is 18.2. The maximum atomic E-state index is 2.43. The summed E-state index contributed by atoms with van der Waals surface area (Å²) >= 11 is 0. The predicted octanol–water partition coefficient (Wildman–Crippen LogP) is 14.3. The summed E-state index contributed by atoms with van der Waals surface area (Å²) in [6, 6.07) is 69.0. The van der Waals surface area contributed by atoms with Crippen LogP contribution in [0.25, 0.3) is 65.7 Å². The van der Waals surface area contributed by atoms with Gasteiger partial charge in [0, 0.05) is 22.4 Å². The Morgan fingerprint density at radius 1 is 0.346 bits per heavy atom. The van der Waals surface area contributed by atoms with E-state index in [1.54, 1.807) is 0 Å². The van der Waals surface area contributed by atoms with Crippen LogP contribution in [0.4, 0.5) is 17.1 Å². The Balaban J connectivity index is 1.10. The molecular formula is C51H37N. The van der Waals surface area contributed by atoms with Gasteiger partial charge in [-0.15, -0.1) is 0 Å². The third-order valence-electron chi connectivity index (χ3n) is 11.2. The van der Waals surface area contributed by atoms with Gasteiger partial charge in [0.05, 0.1) is 5.69 Å². The van der Waals surface area contributed by atoms with Gasteiger partial charge < -0.3 is 4.90 Å². The van der Waals surface area contributed by atoms with E-state index in [2.05, 4.69) is 207 Å². The van der Waals surface area contributed by atoms with Crippen LogP contribution in [0.2, 0.25) is 0 Å². The van der Waals surface area contributed by atoms with Crippen LogP contribution in [0, 0.1) is 0 Å². The van der Waals surface area contributed by atoms with Crippen molar-refractivity contribution in [1.82, 2.24) is 0 Å². The molecule has 246 valence electrons. The van der Waals surface area contributed by atoms with Crippen molar-refractivity contribution in [3.63, 3.8) is 0 Å². The second kappa shape index (κ2) is 11.8. The zero-order chi connectivity index (χ0) is 34.8. The summed E-state index contributed by atoms with van der Waals surface area (Å²) in [5.41, 5.74) is 13.6. The molecule has 1 aliphatic carbocycles. The topological polar surface area (TPSA) is 3.24 Å². The summed E-state index contributed by atoms with van der Waals surface area (Å²) in [6.45, 7) is 4.74. The number of benzene rings is 9. The highest BCUT2D eigenvalue weighted by atomic mass is 15.1. The lowest BCUT2D eigenvalue weighted by molar-refractivity contribution is 0.660. The second-order valence-corrected chi connectivity index (χ2v) is 14.5. The summed E-state index contributed by atoms with van der Waals surface area (Å²) in [7, 11) is 0. The first kappa shape index (κ1) is 30.4. The van der Waals surface area contributed by atoms with Gasteiger partial charge in [0.2, 0.25) is 0 Å². The van der Waals surface area contributed by atoms with E-state index in [9.17, 15) is 0 Å². The van der Waals surface area contributed by atoms with Crippen LogP contribution in [0.1, 0.15) is 25.0 Å². The predicted molar refractivity (Wildman–Crippen MR) is 222 cm³/mol. The second-order valence-electron chi connectivity index (χ2n) is 14.5. The fraction of sp³-hybridized carbons (Fsp3) is 0.0588. The minimum atomic E-state index is -0.136. The molecule has 0 heterocycles. The van der Waals surface area contributed by atoms with Crippen LogP contribution in [-0.4, -0.2) is 0 Å².